The first-order valence-corrected chi connectivity index (χ1v) is 8.41. The molecular formula is C19H20ClN3O2. The van der Waals surface area contributed by atoms with E-state index in [4.69, 9.17) is 11.6 Å². The molecule has 0 unspecified atom stereocenters. The van der Waals surface area contributed by atoms with Crippen LogP contribution in [0.4, 0.5) is 5.69 Å². The monoisotopic (exact) mass is 357 g/mol. The first kappa shape index (κ1) is 18.7. The van der Waals surface area contributed by atoms with E-state index in [-0.39, 0.29) is 24.7 Å². The van der Waals surface area contributed by atoms with Gasteiger partial charge in [-0.1, -0.05) is 54.1 Å². The molecule has 0 spiro atoms. The van der Waals surface area contributed by atoms with Gasteiger partial charge in [0, 0.05) is 19.1 Å². The molecule has 0 aromatic heterocycles. The number of hydrazone groups is 1. The summed E-state index contributed by atoms with van der Waals surface area (Å²) < 4.78 is 0. The van der Waals surface area contributed by atoms with Crippen molar-refractivity contribution in [3.05, 3.63) is 65.2 Å². The van der Waals surface area contributed by atoms with Gasteiger partial charge in [-0.2, -0.15) is 5.10 Å². The lowest BCUT2D eigenvalue weighted by Gasteiger charge is -2.06. The minimum Gasteiger partial charge on any atom is -0.325 e. The van der Waals surface area contributed by atoms with Crippen molar-refractivity contribution >= 4 is 35.3 Å². The number of rotatable bonds is 8. The number of nitrogens with zero attached hydrogens (tertiary/aromatic N) is 1. The van der Waals surface area contributed by atoms with Crippen molar-refractivity contribution in [3.8, 4) is 0 Å². The van der Waals surface area contributed by atoms with Crippen LogP contribution in [0.15, 0.2) is 59.7 Å². The van der Waals surface area contributed by atoms with E-state index >= 15 is 0 Å². The Bertz CT molecular complexity index is 732. The smallest absolute Gasteiger partial charge is 0.240 e. The van der Waals surface area contributed by atoms with E-state index in [1.54, 1.807) is 30.5 Å². The summed E-state index contributed by atoms with van der Waals surface area (Å²) in [7, 11) is 0. The molecule has 5 nitrogen and oxygen atoms in total. The zero-order valence-electron chi connectivity index (χ0n) is 13.7. The summed E-state index contributed by atoms with van der Waals surface area (Å²) in [5, 5.41) is 7.02. The zero-order valence-corrected chi connectivity index (χ0v) is 14.5. The van der Waals surface area contributed by atoms with E-state index in [0.29, 0.717) is 10.7 Å². The Hall–Kier alpha value is -2.66. The second-order valence-corrected chi connectivity index (χ2v) is 5.81. The lowest BCUT2D eigenvalue weighted by Crippen LogP contribution is -2.20. The molecule has 0 saturated heterocycles. The maximum atomic E-state index is 11.8. The predicted octanol–water partition coefficient (Wildman–Crippen LogP) is 3.79. The molecule has 130 valence electrons. The lowest BCUT2D eigenvalue weighted by atomic mass is 10.1. The third-order valence-electron chi connectivity index (χ3n) is 3.41. The molecule has 2 aromatic carbocycles. The van der Waals surface area contributed by atoms with Gasteiger partial charge < -0.3 is 5.32 Å². The molecule has 2 N–H and O–H groups in total. The third-order valence-corrected chi connectivity index (χ3v) is 3.74. The molecule has 0 atom stereocenters. The average molecular weight is 358 g/mol. The Morgan fingerprint density at radius 3 is 2.40 bits per heavy atom. The van der Waals surface area contributed by atoms with Gasteiger partial charge in [0.25, 0.3) is 0 Å². The van der Waals surface area contributed by atoms with Crippen LogP contribution < -0.4 is 10.7 Å². The first-order valence-electron chi connectivity index (χ1n) is 8.04. The average Bonchev–Trinajstić information content (AvgIpc) is 2.62. The maximum absolute atomic E-state index is 11.8. The zero-order chi connectivity index (χ0) is 17.9. The van der Waals surface area contributed by atoms with Crippen LogP contribution in [0.2, 0.25) is 5.02 Å². The van der Waals surface area contributed by atoms with E-state index in [2.05, 4.69) is 15.8 Å². The highest BCUT2D eigenvalue weighted by Gasteiger charge is 2.08. The molecule has 0 aliphatic heterocycles. The molecule has 0 bridgehead atoms. The molecule has 2 amide bonds. The number of amides is 2. The van der Waals surface area contributed by atoms with Gasteiger partial charge in [-0.25, -0.2) is 5.43 Å². The number of para-hydroxylation sites is 1. The summed E-state index contributed by atoms with van der Waals surface area (Å²) >= 11 is 5.96. The number of halogens is 1. The molecule has 0 aliphatic rings. The molecule has 25 heavy (non-hydrogen) atoms. The van der Waals surface area contributed by atoms with Gasteiger partial charge in [0.15, 0.2) is 0 Å². The van der Waals surface area contributed by atoms with Crippen LogP contribution in [0.1, 0.15) is 24.8 Å². The maximum Gasteiger partial charge on any atom is 0.240 e. The largest absolute Gasteiger partial charge is 0.325 e. The van der Waals surface area contributed by atoms with Crippen LogP contribution >= 0.6 is 11.6 Å². The predicted molar refractivity (Wildman–Crippen MR) is 101 cm³/mol. The minimum absolute atomic E-state index is 0.0618. The van der Waals surface area contributed by atoms with Crippen molar-refractivity contribution < 1.29 is 9.59 Å². The Morgan fingerprint density at radius 1 is 0.960 bits per heavy atom. The number of nitrogens with one attached hydrogen (secondary N) is 2. The highest BCUT2D eigenvalue weighted by Crippen LogP contribution is 2.20. The number of carbonyl (C=O) groups is 2. The van der Waals surface area contributed by atoms with Crippen LogP contribution in [0.3, 0.4) is 0 Å². The van der Waals surface area contributed by atoms with Crippen LogP contribution in [-0.4, -0.2) is 18.0 Å². The Kier molecular flexibility index (Phi) is 7.66. The van der Waals surface area contributed by atoms with Crippen LogP contribution in [0.25, 0.3) is 0 Å². The van der Waals surface area contributed by atoms with Crippen molar-refractivity contribution in [2.75, 3.05) is 5.32 Å². The van der Waals surface area contributed by atoms with Crippen molar-refractivity contribution in [2.45, 2.75) is 25.7 Å². The summed E-state index contributed by atoms with van der Waals surface area (Å²) in [6, 6.07) is 17.0. The molecule has 2 aromatic rings. The van der Waals surface area contributed by atoms with Crippen LogP contribution in [0.5, 0.6) is 0 Å². The lowest BCUT2D eigenvalue weighted by molar-refractivity contribution is -0.124. The SMILES string of the molecule is O=C(CCC(=O)Nc1ccccc1Cl)N/N=C/CCc1ccccc1. The van der Waals surface area contributed by atoms with Crippen molar-refractivity contribution in [1.82, 2.24) is 5.43 Å². The van der Waals surface area contributed by atoms with Crippen LogP contribution in [-0.2, 0) is 16.0 Å². The van der Waals surface area contributed by atoms with Gasteiger partial charge in [-0.15, -0.1) is 0 Å². The minimum atomic E-state index is -0.301. The number of aryl methyl sites for hydroxylation is 1. The topological polar surface area (TPSA) is 70.6 Å². The van der Waals surface area contributed by atoms with Gasteiger partial charge in [0.1, 0.15) is 0 Å². The van der Waals surface area contributed by atoms with Gasteiger partial charge >= 0.3 is 0 Å². The summed E-state index contributed by atoms with van der Waals surface area (Å²) in [5.41, 5.74) is 4.18. The van der Waals surface area contributed by atoms with Crippen molar-refractivity contribution in [3.63, 3.8) is 0 Å². The number of hydrogen-bond acceptors (Lipinski definition) is 3. The molecule has 2 rings (SSSR count). The number of hydrogen-bond donors (Lipinski definition) is 2. The molecule has 0 heterocycles. The second kappa shape index (κ2) is 10.3. The van der Waals surface area contributed by atoms with Gasteiger partial charge in [0.05, 0.1) is 10.7 Å². The summed E-state index contributed by atoms with van der Waals surface area (Å²) in [6.45, 7) is 0. The second-order valence-electron chi connectivity index (χ2n) is 5.40. The van der Waals surface area contributed by atoms with Crippen LogP contribution in [0, 0.1) is 0 Å². The highest BCUT2D eigenvalue weighted by atomic mass is 35.5. The van der Waals surface area contributed by atoms with Gasteiger partial charge in [-0.3, -0.25) is 9.59 Å². The molecule has 0 fully saturated rings. The molecule has 0 radical (unpaired) electrons. The third kappa shape index (κ3) is 7.18. The van der Waals surface area contributed by atoms with E-state index in [1.807, 2.05) is 30.3 Å². The van der Waals surface area contributed by atoms with Gasteiger partial charge in [-0.05, 0) is 30.5 Å². The summed E-state index contributed by atoms with van der Waals surface area (Å²) in [6.07, 6.45) is 3.38. The standard InChI is InChI=1S/C19H20ClN3O2/c20-16-10-4-5-11-17(16)22-18(24)12-13-19(25)23-21-14-6-9-15-7-2-1-3-8-15/h1-5,7-8,10-11,14H,6,9,12-13H2,(H,22,24)(H,23,25)/b21-14+. The normalized spacial score (nSPS) is 10.6. The van der Waals surface area contributed by atoms with Gasteiger partial charge in [0.2, 0.25) is 11.8 Å². The fraction of sp³-hybridized carbons (Fsp3) is 0.211. The van der Waals surface area contributed by atoms with E-state index < -0.39 is 0 Å². The van der Waals surface area contributed by atoms with Crippen molar-refractivity contribution in [1.29, 1.82) is 0 Å². The fourth-order valence-corrected chi connectivity index (χ4v) is 2.30. The van der Waals surface area contributed by atoms with E-state index in [9.17, 15) is 9.59 Å². The number of anilines is 1. The fourth-order valence-electron chi connectivity index (χ4n) is 2.12. The molecular weight excluding hydrogens is 338 g/mol. The summed E-state index contributed by atoms with van der Waals surface area (Å²) in [4.78, 5) is 23.5. The summed E-state index contributed by atoms with van der Waals surface area (Å²) in [5.74, 6) is -0.568. The van der Waals surface area contributed by atoms with E-state index in [0.717, 1.165) is 12.8 Å². The molecule has 0 aliphatic carbocycles. The van der Waals surface area contributed by atoms with E-state index in [1.165, 1.54) is 5.56 Å². The quantitative estimate of drug-likeness (QED) is 0.557. The highest BCUT2D eigenvalue weighted by molar-refractivity contribution is 6.33. The molecule has 6 heteroatoms. The Labute approximate surface area is 152 Å². The van der Waals surface area contributed by atoms with Crippen molar-refractivity contribution in [2.24, 2.45) is 5.10 Å². The number of benzene rings is 2. The number of carbonyl (C=O) groups excluding carboxylic acids is 2. The Balaban J connectivity index is 1.62. The molecule has 0 saturated carbocycles. The Morgan fingerprint density at radius 2 is 1.64 bits per heavy atom. The first-order chi connectivity index (χ1) is 12.1.